The summed E-state index contributed by atoms with van der Waals surface area (Å²) in [5.41, 5.74) is 27.4. The van der Waals surface area contributed by atoms with Crippen LogP contribution in [0.4, 0.5) is 17.1 Å². The molecule has 0 saturated carbocycles. The number of hydrogen-bond donors (Lipinski definition) is 0. The summed E-state index contributed by atoms with van der Waals surface area (Å²) >= 11 is 1.87. The zero-order chi connectivity index (χ0) is 61.7. The van der Waals surface area contributed by atoms with Crippen molar-refractivity contribution in [1.29, 1.82) is 0 Å². The molecule has 0 radical (unpaired) electrons. The third kappa shape index (κ3) is 8.39. The fourth-order valence-corrected chi connectivity index (χ4v) is 16.4. The maximum atomic E-state index is 7.45. The molecule has 92 heavy (non-hydrogen) atoms. The molecule has 18 rings (SSSR count). The highest BCUT2D eigenvalue weighted by Crippen LogP contribution is 2.53. The minimum absolute atomic E-state index is 0.0575. The van der Waals surface area contributed by atoms with Gasteiger partial charge in [-0.25, -0.2) is 0 Å². The zero-order valence-electron chi connectivity index (χ0n) is 52.3. The maximum absolute atomic E-state index is 7.45. The van der Waals surface area contributed by atoms with Crippen molar-refractivity contribution in [3.63, 3.8) is 0 Å². The Morgan fingerprint density at radius 3 is 1.39 bits per heavy atom. The van der Waals surface area contributed by atoms with E-state index in [1.54, 1.807) is 0 Å². The van der Waals surface area contributed by atoms with Crippen LogP contribution in [-0.2, 0) is 10.8 Å². The van der Waals surface area contributed by atoms with Crippen molar-refractivity contribution in [2.45, 2.75) is 62.2 Å². The standard InChI is InChI=1S/C86H64BN3OS/c1-85(2,3)58-38-44-75-69(48-58)70-49-59(86(4,5)6)39-45-76(70)89(75)61-51-78-80-79(52-61)92-84-72(43-41-66-65-35-23-34-62(82(65)91-83(66)84)54-26-13-8-14-27-54)87(80)71-42-40-60(88-73-36-21-19-32-63(73)64-33-20-22-37-74(64)88)50-77(71)90(78)81-67(55-28-15-9-16-29-55)46-57(53-24-11-7-12-25-53)47-68(81)56-30-17-10-18-31-56/h7-52H,1-6H3. The second-order valence-electron chi connectivity index (χ2n) is 27.2. The maximum Gasteiger partial charge on any atom is 0.249 e. The largest absolute Gasteiger partial charge is 0.454 e. The number of fused-ring (bicyclic) bond motifs is 14. The molecule has 4 nitrogen and oxygen atoms in total. The molecule has 0 atom stereocenters. The molecule has 0 unspecified atom stereocenters. The number of rotatable bonds is 7. The van der Waals surface area contributed by atoms with Crippen LogP contribution in [0.1, 0.15) is 52.7 Å². The van der Waals surface area contributed by atoms with E-state index in [4.69, 9.17) is 4.42 Å². The van der Waals surface area contributed by atoms with Gasteiger partial charge < -0.3 is 18.5 Å². The van der Waals surface area contributed by atoms with E-state index >= 15 is 0 Å². The van der Waals surface area contributed by atoms with Crippen molar-refractivity contribution in [3.8, 4) is 55.9 Å². The molecule has 13 aromatic carbocycles. The van der Waals surface area contributed by atoms with E-state index in [0.717, 1.165) is 99.8 Å². The van der Waals surface area contributed by atoms with Gasteiger partial charge in [0.25, 0.3) is 0 Å². The number of benzene rings is 13. The molecule has 6 heteroatoms. The van der Waals surface area contributed by atoms with Crippen molar-refractivity contribution >= 4 is 117 Å². The van der Waals surface area contributed by atoms with Crippen LogP contribution in [0.15, 0.2) is 293 Å². The number of para-hydroxylation sites is 3. The SMILES string of the molecule is CC(C)(C)c1ccc2c(c1)c1cc(C(C)(C)C)ccc1n2-c1cc2c3c(c1)N(c1c(-c4ccccc4)cc(-c4ccccc4)cc1-c1ccccc1)c1cc(-n4c5ccccc5c5ccccc54)ccc1B3c1ccc3c(oc4c(-c5ccccc5)cccc43)c1S2. The molecule has 0 amide bonds. The van der Waals surface area contributed by atoms with Crippen molar-refractivity contribution in [1.82, 2.24) is 9.13 Å². The first kappa shape index (κ1) is 54.4. The molecule has 0 aliphatic carbocycles. The zero-order valence-corrected chi connectivity index (χ0v) is 53.1. The second-order valence-corrected chi connectivity index (χ2v) is 28.2. The van der Waals surface area contributed by atoms with E-state index in [1.807, 2.05) is 11.8 Å². The Morgan fingerprint density at radius 2 is 0.815 bits per heavy atom. The smallest absolute Gasteiger partial charge is 0.249 e. The van der Waals surface area contributed by atoms with Crippen molar-refractivity contribution < 1.29 is 4.42 Å². The Kier molecular flexibility index (Phi) is 12.1. The van der Waals surface area contributed by atoms with Crippen molar-refractivity contribution in [2.75, 3.05) is 4.90 Å². The molecule has 5 heterocycles. The quantitative estimate of drug-likeness (QED) is 0.149. The summed E-state index contributed by atoms with van der Waals surface area (Å²) in [6.07, 6.45) is 0. The Labute approximate surface area is 540 Å². The average Bonchev–Trinajstić information content (AvgIpc) is 1.10. The van der Waals surface area contributed by atoms with Gasteiger partial charge in [0.1, 0.15) is 11.2 Å². The van der Waals surface area contributed by atoms with Crippen molar-refractivity contribution in [2.24, 2.45) is 0 Å². The normalized spacial score (nSPS) is 13.0. The monoisotopic (exact) mass is 1200 g/mol. The van der Waals surface area contributed by atoms with E-state index < -0.39 is 0 Å². The fraction of sp³-hybridized carbons (Fsp3) is 0.0930. The van der Waals surface area contributed by atoms with Gasteiger partial charge >= 0.3 is 0 Å². The third-order valence-corrected chi connectivity index (χ3v) is 20.8. The highest BCUT2D eigenvalue weighted by Gasteiger charge is 2.44. The van der Waals surface area contributed by atoms with Crippen LogP contribution in [-0.4, -0.2) is 15.8 Å². The van der Waals surface area contributed by atoms with E-state index in [1.165, 1.54) is 76.0 Å². The van der Waals surface area contributed by atoms with Gasteiger partial charge in [-0.05, 0) is 133 Å². The molecule has 2 aliphatic heterocycles. The van der Waals surface area contributed by atoms with Crippen LogP contribution in [0, 0.1) is 0 Å². The van der Waals surface area contributed by atoms with E-state index in [-0.39, 0.29) is 17.5 Å². The van der Waals surface area contributed by atoms with Crippen LogP contribution in [0.3, 0.4) is 0 Å². The Bertz CT molecular complexity index is 5510. The number of hydrogen-bond acceptors (Lipinski definition) is 3. The molecule has 0 N–H and O–H groups in total. The predicted molar refractivity (Wildman–Crippen MR) is 391 cm³/mol. The number of aromatic nitrogens is 2. The summed E-state index contributed by atoms with van der Waals surface area (Å²) < 4.78 is 12.5. The predicted octanol–water partition coefficient (Wildman–Crippen LogP) is 21.8. The second kappa shape index (κ2) is 20.5. The van der Waals surface area contributed by atoms with Gasteiger partial charge in [0.2, 0.25) is 6.71 Å². The van der Waals surface area contributed by atoms with Gasteiger partial charge in [0, 0.05) is 76.7 Å². The minimum Gasteiger partial charge on any atom is -0.454 e. The summed E-state index contributed by atoms with van der Waals surface area (Å²) in [4.78, 5) is 5.04. The topological polar surface area (TPSA) is 26.2 Å². The Hall–Kier alpha value is -10.5. The molecule has 0 fully saturated rings. The molecular formula is C86H64BN3OS. The van der Waals surface area contributed by atoms with Crippen LogP contribution < -0.4 is 21.3 Å². The Balaban J connectivity index is 1.00. The molecule has 3 aromatic heterocycles. The van der Waals surface area contributed by atoms with Gasteiger partial charge in [-0.1, -0.05) is 265 Å². The van der Waals surface area contributed by atoms with Crippen LogP contribution in [0.5, 0.6) is 0 Å². The Morgan fingerprint density at radius 1 is 0.337 bits per heavy atom. The van der Waals surface area contributed by atoms with Crippen molar-refractivity contribution in [3.05, 3.63) is 290 Å². The lowest BCUT2D eigenvalue weighted by atomic mass is 9.34. The fourth-order valence-electron chi connectivity index (χ4n) is 15.2. The minimum atomic E-state index is -0.180. The van der Waals surface area contributed by atoms with Gasteiger partial charge in [-0.2, -0.15) is 0 Å². The summed E-state index contributed by atoms with van der Waals surface area (Å²) in [5.74, 6) is 0. The molecular weight excluding hydrogens is 1130 g/mol. The molecule has 0 bridgehead atoms. The van der Waals surface area contributed by atoms with E-state index in [9.17, 15) is 0 Å². The first-order chi connectivity index (χ1) is 44.9. The lowest BCUT2D eigenvalue weighted by Gasteiger charge is -2.42. The summed E-state index contributed by atoms with van der Waals surface area (Å²) in [7, 11) is 0. The average molecular weight is 1200 g/mol. The lowest BCUT2D eigenvalue weighted by molar-refractivity contribution is 0.590. The molecule has 16 aromatic rings. The van der Waals surface area contributed by atoms with Gasteiger partial charge in [0.15, 0.2) is 0 Å². The molecule has 0 spiro atoms. The van der Waals surface area contributed by atoms with E-state index in [2.05, 4.69) is 335 Å². The third-order valence-electron chi connectivity index (χ3n) is 19.7. The number of furan rings is 1. The molecule has 0 saturated heterocycles. The van der Waals surface area contributed by atoms with E-state index in [0.29, 0.717) is 0 Å². The van der Waals surface area contributed by atoms with Crippen LogP contribution >= 0.6 is 11.8 Å². The highest BCUT2D eigenvalue weighted by molar-refractivity contribution is 8.00. The van der Waals surface area contributed by atoms with Crippen LogP contribution in [0.25, 0.3) is 121 Å². The number of anilines is 3. The molecule has 438 valence electrons. The summed E-state index contributed by atoms with van der Waals surface area (Å²) in [6, 6.07) is 105. The number of nitrogens with zero attached hydrogens (tertiary/aromatic N) is 3. The first-order valence-electron chi connectivity index (χ1n) is 32.2. The summed E-state index contributed by atoms with van der Waals surface area (Å²) in [6.45, 7) is 13.8. The van der Waals surface area contributed by atoms with Gasteiger partial charge in [-0.15, -0.1) is 0 Å². The lowest BCUT2D eigenvalue weighted by Crippen LogP contribution is -2.60. The van der Waals surface area contributed by atoms with Gasteiger partial charge in [0.05, 0.1) is 32.6 Å². The molecule has 2 aliphatic rings. The highest BCUT2D eigenvalue weighted by atomic mass is 32.2. The van der Waals surface area contributed by atoms with Crippen LogP contribution in [0.2, 0.25) is 0 Å². The van der Waals surface area contributed by atoms with Gasteiger partial charge in [-0.3, -0.25) is 0 Å². The summed E-state index contributed by atoms with van der Waals surface area (Å²) in [5, 5.41) is 7.20. The first-order valence-corrected chi connectivity index (χ1v) is 33.0.